The van der Waals surface area contributed by atoms with Crippen LogP contribution in [0.1, 0.15) is 19.3 Å². The Balaban J connectivity index is 1.78. The fraction of sp³-hybridized carbons (Fsp3) is 0.467. The molecule has 0 spiro atoms. The number of benzene rings is 1. The second kappa shape index (κ2) is 6.94. The molecule has 0 heterocycles. The maximum Gasteiger partial charge on any atom is 0.120 e. The molecule has 3 atom stereocenters. The molecule has 0 aromatic heterocycles. The van der Waals surface area contributed by atoms with Gasteiger partial charge in [0.05, 0.1) is 6.10 Å². The third kappa shape index (κ3) is 4.53. The molecule has 1 aromatic carbocycles. The smallest absolute Gasteiger partial charge is 0.120 e. The SMILES string of the molecule is O[C@H](/C=C/C1CCC[C@H]1O)COc1cccc(Cl)c1. The van der Waals surface area contributed by atoms with Crippen molar-refractivity contribution < 1.29 is 14.9 Å². The second-order valence-electron chi connectivity index (χ2n) is 4.88. The number of rotatable bonds is 5. The minimum absolute atomic E-state index is 0.167. The molecule has 1 aromatic rings. The number of ether oxygens (including phenoxy) is 1. The summed E-state index contributed by atoms with van der Waals surface area (Å²) in [6.45, 7) is 0.180. The van der Waals surface area contributed by atoms with Crippen molar-refractivity contribution in [3.8, 4) is 5.75 Å². The van der Waals surface area contributed by atoms with Gasteiger partial charge in [0, 0.05) is 10.9 Å². The molecule has 1 saturated carbocycles. The van der Waals surface area contributed by atoms with Crippen LogP contribution in [0.2, 0.25) is 5.02 Å². The predicted octanol–water partition coefficient (Wildman–Crippen LogP) is 2.80. The summed E-state index contributed by atoms with van der Waals surface area (Å²) in [4.78, 5) is 0. The zero-order chi connectivity index (χ0) is 13.7. The molecule has 1 aliphatic carbocycles. The monoisotopic (exact) mass is 282 g/mol. The van der Waals surface area contributed by atoms with Gasteiger partial charge in [0.2, 0.25) is 0 Å². The Bertz CT molecular complexity index is 433. The Labute approximate surface area is 118 Å². The van der Waals surface area contributed by atoms with Gasteiger partial charge in [-0.2, -0.15) is 0 Å². The van der Waals surface area contributed by atoms with Crippen molar-refractivity contribution in [1.29, 1.82) is 0 Å². The molecule has 0 amide bonds. The first-order valence-electron chi connectivity index (χ1n) is 6.58. The van der Waals surface area contributed by atoms with Gasteiger partial charge in [-0.3, -0.25) is 0 Å². The fourth-order valence-corrected chi connectivity index (χ4v) is 2.44. The highest BCUT2D eigenvalue weighted by molar-refractivity contribution is 6.30. The summed E-state index contributed by atoms with van der Waals surface area (Å²) in [5, 5.41) is 20.1. The van der Waals surface area contributed by atoms with E-state index < -0.39 is 6.10 Å². The Morgan fingerprint density at radius 1 is 1.42 bits per heavy atom. The summed E-state index contributed by atoms with van der Waals surface area (Å²) in [5.74, 6) is 0.807. The van der Waals surface area contributed by atoms with Crippen molar-refractivity contribution in [3.63, 3.8) is 0 Å². The lowest BCUT2D eigenvalue weighted by Gasteiger charge is -2.12. The molecule has 1 unspecified atom stereocenters. The first-order chi connectivity index (χ1) is 9.15. The highest BCUT2D eigenvalue weighted by Crippen LogP contribution is 2.26. The third-order valence-electron chi connectivity index (χ3n) is 3.33. The molecule has 4 heteroatoms. The maximum atomic E-state index is 9.80. The number of hydrogen-bond donors (Lipinski definition) is 2. The van der Waals surface area contributed by atoms with Crippen LogP contribution in [0.25, 0.3) is 0 Å². The van der Waals surface area contributed by atoms with Crippen LogP contribution in [0, 0.1) is 5.92 Å². The van der Waals surface area contributed by atoms with E-state index in [0.717, 1.165) is 19.3 Å². The van der Waals surface area contributed by atoms with E-state index in [1.54, 1.807) is 30.3 Å². The normalized spacial score (nSPS) is 24.8. The summed E-state index contributed by atoms with van der Waals surface area (Å²) >= 11 is 5.84. The lowest BCUT2D eigenvalue weighted by atomic mass is 10.1. The number of aliphatic hydroxyl groups is 2. The molecule has 0 saturated heterocycles. The number of halogens is 1. The van der Waals surface area contributed by atoms with Crippen molar-refractivity contribution in [2.45, 2.75) is 31.5 Å². The number of hydrogen-bond acceptors (Lipinski definition) is 3. The van der Waals surface area contributed by atoms with E-state index in [4.69, 9.17) is 16.3 Å². The minimum atomic E-state index is -0.674. The van der Waals surface area contributed by atoms with Crippen LogP contribution in [0.15, 0.2) is 36.4 Å². The van der Waals surface area contributed by atoms with Gasteiger partial charge >= 0.3 is 0 Å². The van der Waals surface area contributed by atoms with Gasteiger partial charge in [0.25, 0.3) is 0 Å². The summed E-state index contributed by atoms with van der Waals surface area (Å²) < 4.78 is 5.44. The van der Waals surface area contributed by atoms with Crippen LogP contribution in [0.4, 0.5) is 0 Å². The first kappa shape index (κ1) is 14.4. The van der Waals surface area contributed by atoms with Crippen molar-refractivity contribution in [1.82, 2.24) is 0 Å². The van der Waals surface area contributed by atoms with E-state index in [-0.39, 0.29) is 18.6 Å². The molecule has 2 rings (SSSR count). The van der Waals surface area contributed by atoms with Crippen molar-refractivity contribution in [3.05, 3.63) is 41.4 Å². The standard InChI is InChI=1S/C15H19ClO3/c16-12-4-2-5-14(9-12)19-10-13(17)8-7-11-3-1-6-15(11)18/h2,4-5,7-9,11,13,15,17-18H,1,3,6,10H2/b8-7+/t11?,13-,15-/m1/s1. The van der Waals surface area contributed by atoms with Gasteiger partial charge in [-0.05, 0) is 31.0 Å². The molecule has 0 aliphatic heterocycles. The van der Waals surface area contributed by atoms with Gasteiger partial charge in [-0.1, -0.05) is 36.2 Å². The molecule has 3 nitrogen and oxygen atoms in total. The van der Waals surface area contributed by atoms with E-state index in [0.29, 0.717) is 10.8 Å². The van der Waals surface area contributed by atoms with Crippen LogP contribution in [0.5, 0.6) is 5.75 Å². The molecular weight excluding hydrogens is 264 g/mol. The largest absolute Gasteiger partial charge is 0.491 e. The van der Waals surface area contributed by atoms with Crippen LogP contribution in [0.3, 0.4) is 0 Å². The lowest BCUT2D eigenvalue weighted by Crippen LogP contribution is -2.16. The summed E-state index contributed by atoms with van der Waals surface area (Å²) in [6, 6.07) is 7.07. The Kier molecular flexibility index (Phi) is 5.25. The van der Waals surface area contributed by atoms with Crippen molar-refractivity contribution >= 4 is 11.6 Å². The zero-order valence-electron chi connectivity index (χ0n) is 10.7. The van der Waals surface area contributed by atoms with Crippen molar-refractivity contribution in [2.24, 2.45) is 5.92 Å². The second-order valence-corrected chi connectivity index (χ2v) is 5.32. The minimum Gasteiger partial charge on any atom is -0.491 e. The third-order valence-corrected chi connectivity index (χ3v) is 3.56. The van der Waals surface area contributed by atoms with Crippen LogP contribution < -0.4 is 4.74 Å². The molecule has 1 fully saturated rings. The van der Waals surface area contributed by atoms with E-state index in [1.165, 1.54) is 0 Å². The van der Waals surface area contributed by atoms with Gasteiger partial charge in [0.15, 0.2) is 0 Å². The lowest BCUT2D eigenvalue weighted by molar-refractivity contribution is 0.139. The Morgan fingerprint density at radius 3 is 2.95 bits per heavy atom. The van der Waals surface area contributed by atoms with E-state index >= 15 is 0 Å². The van der Waals surface area contributed by atoms with Gasteiger partial charge in [-0.15, -0.1) is 0 Å². The van der Waals surface area contributed by atoms with Crippen LogP contribution in [-0.2, 0) is 0 Å². The highest BCUT2D eigenvalue weighted by atomic mass is 35.5. The molecule has 19 heavy (non-hydrogen) atoms. The Hall–Kier alpha value is -1.03. The van der Waals surface area contributed by atoms with Crippen LogP contribution >= 0.6 is 11.6 Å². The molecule has 2 N–H and O–H groups in total. The average molecular weight is 283 g/mol. The maximum absolute atomic E-state index is 9.80. The molecule has 1 aliphatic rings. The molecular formula is C15H19ClO3. The van der Waals surface area contributed by atoms with E-state index in [2.05, 4.69) is 0 Å². The van der Waals surface area contributed by atoms with Crippen molar-refractivity contribution in [2.75, 3.05) is 6.61 Å². The molecule has 0 radical (unpaired) electrons. The van der Waals surface area contributed by atoms with Gasteiger partial charge in [-0.25, -0.2) is 0 Å². The van der Waals surface area contributed by atoms with E-state index in [1.807, 2.05) is 6.08 Å². The van der Waals surface area contributed by atoms with E-state index in [9.17, 15) is 10.2 Å². The molecule has 0 bridgehead atoms. The zero-order valence-corrected chi connectivity index (χ0v) is 11.5. The summed E-state index contributed by atoms with van der Waals surface area (Å²) in [5.41, 5.74) is 0. The van der Waals surface area contributed by atoms with Crippen LogP contribution in [-0.4, -0.2) is 29.0 Å². The fourth-order valence-electron chi connectivity index (χ4n) is 2.26. The predicted molar refractivity (Wildman–Crippen MR) is 75.4 cm³/mol. The van der Waals surface area contributed by atoms with Gasteiger partial charge in [0.1, 0.15) is 18.5 Å². The summed E-state index contributed by atoms with van der Waals surface area (Å²) in [7, 11) is 0. The van der Waals surface area contributed by atoms with Gasteiger partial charge < -0.3 is 14.9 Å². The first-order valence-corrected chi connectivity index (χ1v) is 6.96. The average Bonchev–Trinajstić information content (AvgIpc) is 2.80. The highest BCUT2D eigenvalue weighted by Gasteiger charge is 2.22. The topological polar surface area (TPSA) is 49.7 Å². The summed E-state index contributed by atoms with van der Waals surface area (Å²) in [6.07, 6.45) is 5.53. The molecule has 104 valence electrons. The Morgan fingerprint density at radius 2 is 2.26 bits per heavy atom. The quantitative estimate of drug-likeness (QED) is 0.817. The number of aliphatic hydroxyl groups excluding tert-OH is 2.